The van der Waals surface area contributed by atoms with Crippen LogP contribution in [0.2, 0.25) is 0 Å². The van der Waals surface area contributed by atoms with Crippen LogP contribution in [-0.4, -0.2) is 47.8 Å². The van der Waals surface area contributed by atoms with Gasteiger partial charge in [0.15, 0.2) is 0 Å². The summed E-state index contributed by atoms with van der Waals surface area (Å²) in [5.41, 5.74) is 1.98. The van der Waals surface area contributed by atoms with Crippen molar-refractivity contribution in [2.24, 2.45) is 0 Å². The largest absolute Gasteiger partial charge is 0.376 e. The Balaban J connectivity index is 0.000000430. The van der Waals surface area contributed by atoms with E-state index in [9.17, 15) is 13.6 Å². The van der Waals surface area contributed by atoms with Gasteiger partial charge in [0.1, 0.15) is 12.3 Å². The van der Waals surface area contributed by atoms with Crippen LogP contribution in [0.3, 0.4) is 0 Å². The lowest BCUT2D eigenvalue weighted by molar-refractivity contribution is -0.108. The van der Waals surface area contributed by atoms with E-state index in [1.165, 1.54) is 11.9 Å². The number of nitrogens with zero attached hydrogens (tertiary/aromatic N) is 3. The van der Waals surface area contributed by atoms with Gasteiger partial charge in [-0.05, 0) is 32.5 Å². The molecule has 0 bridgehead atoms. The summed E-state index contributed by atoms with van der Waals surface area (Å²) < 4.78 is 24.9. The molecule has 0 saturated carbocycles. The SMILES string of the molecule is CC.CCc1cc(N[C@@H](C)C=O)ccn1.CN1CC(F)(F)CC1C#N. The van der Waals surface area contributed by atoms with Crippen molar-refractivity contribution in [2.75, 3.05) is 18.9 Å². The number of halogens is 2. The van der Waals surface area contributed by atoms with Crippen LogP contribution in [0.15, 0.2) is 18.3 Å². The molecule has 0 amide bonds. The highest BCUT2D eigenvalue weighted by Crippen LogP contribution is 2.30. The Morgan fingerprint density at radius 2 is 2.20 bits per heavy atom. The molecule has 1 unspecified atom stereocenters. The summed E-state index contributed by atoms with van der Waals surface area (Å²) in [5.74, 6) is -2.66. The van der Waals surface area contributed by atoms with Crippen molar-refractivity contribution in [1.82, 2.24) is 9.88 Å². The van der Waals surface area contributed by atoms with E-state index in [2.05, 4.69) is 17.2 Å². The van der Waals surface area contributed by atoms with Gasteiger partial charge >= 0.3 is 0 Å². The van der Waals surface area contributed by atoms with Gasteiger partial charge in [-0.3, -0.25) is 9.88 Å². The summed E-state index contributed by atoms with van der Waals surface area (Å²) in [6.07, 6.45) is 3.22. The maximum atomic E-state index is 12.4. The molecule has 1 aromatic rings. The zero-order chi connectivity index (χ0) is 19.5. The van der Waals surface area contributed by atoms with Gasteiger partial charge in [-0.2, -0.15) is 5.26 Å². The van der Waals surface area contributed by atoms with Crippen LogP contribution in [0, 0.1) is 11.3 Å². The third-order valence-corrected chi connectivity index (χ3v) is 3.43. The molecule has 1 aromatic heterocycles. The molecule has 1 fully saturated rings. The van der Waals surface area contributed by atoms with Crippen molar-refractivity contribution in [1.29, 1.82) is 5.26 Å². The Hall–Kier alpha value is -2.07. The Bertz CT molecular complexity index is 560. The molecule has 25 heavy (non-hydrogen) atoms. The number of aldehydes is 1. The zero-order valence-corrected chi connectivity index (χ0v) is 15.6. The number of carbonyl (C=O) groups is 1. The van der Waals surface area contributed by atoms with Crippen molar-refractivity contribution in [3.8, 4) is 6.07 Å². The highest BCUT2D eigenvalue weighted by molar-refractivity contribution is 5.63. The second-order valence-corrected chi connectivity index (χ2v) is 5.58. The maximum Gasteiger partial charge on any atom is 0.263 e. The zero-order valence-electron chi connectivity index (χ0n) is 15.6. The van der Waals surface area contributed by atoms with Gasteiger partial charge in [0.05, 0.1) is 18.7 Å². The standard InChI is InChI=1S/C10H14N2O.C6H8F2N2.C2H6/c1-3-9-6-10(4-5-11-9)12-8(2)7-13;1-10-4-6(7,8)2-5(10)3-9;1-2/h4-8H,3H2,1-2H3,(H,11,12);5H,2,4H2,1H3;1-2H3/t8-;;/m0../s1. The highest BCUT2D eigenvalue weighted by atomic mass is 19.3. The van der Waals surface area contributed by atoms with Gasteiger partial charge in [0.2, 0.25) is 0 Å². The van der Waals surface area contributed by atoms with Gasteiger partial charge in [0.25, 0.3) is 5.92 Å². The average Bonchev–Trinajstić information content (AvgIpc) is 2.89. The fourth-order valence-corrected chi connectivity index (χ4v) is 2.18. The normalized spacial score (nSPS) is 19.4. The summed E-state index contributed by atoms with van der Waals surface area (Å²) in [6.45, 7) is 7.58. The average molecular weight is 354 g/mol. The highest BCUT2D eigenvalue weighted by Gasteiger charge is 2.43. The van der Waals surface area contributed by atoms with E-state index >= 15 is 0 Å². The molecular formula is C18H28F2N4O. The van der Waals surface area contributed by atoms with Crippen molar-refractivity contribution in [3.63, 3.8) is 0 Å². The number of aryl methyl sites for hydroxylation is 1. The molecule has 5 nitrogen and oxygen atoms in total. The summed E-state index contributed by atoms with van der Waals surface area (Å²) in [7, 11) is 1.54. The predicted molar refractivity (Wildman–Crippen MR) is 95.7 cm³/mol. The first kappa shape index (κ1) is 22.9. The van der Waals surface area contributed by atoms with E-state index in [4.69, 9.17) is 5.26 Å². The van der Waals surface area contributed by atoms with Gasteiger partial charge in [-0.15, -0.1) is 0 Å². The minimum Gasteiger partial charge on any atom is -0.376 e. The molecule has 0 aromatic carbocycles. The van der Waals surface area contributed by atoms with Gasteiger partial charge in [0, 0.05) is 24.0 Å². The monoisotopic (exact) mass is 354 g/mol. The number of alkyl halides is 2. The molecular weight excluding hydrogens is 326 g/mol. The van der Waals surface area contributed by atoms with E-state index in [-0.39, 0.29) is 19.0 Å². The van der Waals surface area contributed by atoms with E-state index < -0.39 is 12.0 Å². The molecule has 2 atom stereocenters. The summed E-state index contributed by atoms with van der Waals surface area (Å²) >= 11 is 0. The second-order valence-electron chi connectivity index (χ2n) is 5.58. The topological polar surface area (TPSA) is 69.0 Å². The lowest BCUT2D eigenvalue weighted by atomic mass is 10.2. The Labute approximate surface area is 149 Å². The van der Waals surface area contributed by atoms with Gasteiger partial charge in [-0.1, -0.05) is 20.8 Å². The van der Waals surface area contributed by atoms with Crippen molar-refractivity contribution < 1.29 is 13.6 Å². The molecule has 2 rings (SSSR count). The minimum absolute atomic E-state index is 0.146. The van der Waals surface area contributed by atoms with E-state index in [1.807, 2.05) is 39.0 Å². The van der Waals surface area contributed by atoms with Crippen LogP contribution in [0.4, 0.5) is 14.5 Å². The lowest BCUT2D eigenvalue weighted by Crippen LogP contribution is -2.24. The second kappa shape index (κ2) is 11.5. The minimum atomic E-state index is -2.66. The first-order valence-electron chi connectivity index (χ1n) is 8.45. The fraction of sp³-hybridized carbons (Fsp3) is 0.611. The number of likely N-dealkylation sites (tertiary alicyclic amines) is 1. The Morgan fingerprint density at radius 3 is 2.60 bits per heavy atom. The maximum absolute atomic E-state index is 12.4. The third-order valence-electron chi connectivity index (χ3n) is 3.43. The van der Waals surface area contributed by atoms with E-state index in [0.29, 0.717) is 0 Å². The van der Waals surface area contributed by atoms with Crippen molar-refractivity contribution in [2.45, 2.75) is 58.5 Å². The van der Waals surface area contributed by atoms with Crippen LogP contribution in [0.1, 0.15) is 39.8 Å². The molecule has 7 heteroatoms. The summed E-state index contributed by atoms with van der Waals surface area (Å²) in [6, 6.07) is 4.89. The van der Waals surface area contributed by atoms with Crippen molar-refractivity contribution >= 4 is 12.0 Å². The fourth-order valence-electron chi connectivity index (χ4n) is 2.18. The van der Waals surface area contributed by atoms with Gasteiger partial charge < -0.3 is 10.1 Å². The Kier molecular flexibility index (Phi) is 10.5. The quantitative estimate of drug-likeness (QED) is 0.838. The molecule has 1 aliphatic heterocycles. The van der Waals surface area contributed by atoms with Crippen LogP contribution >= 0.6 is 0 Å². The first-order valence-corrected chi connectivity index (χ1v) is 8.45. The number of pyridine rings is 1. The van der Waals surface area contributed by atoms with Crippen molar-refractivity contribution in [3.05, 3.63) is 24.0 Å². The number of nitriles is 1. The molecule has 0 spiro atoms. The van der Waals surface area contributed by atoms with E-state index in [0.717, 1.165) is 24.1 Å². The predicted octanol–water partition coefficient (Wildman–Crippen LogP) is 3.52. The molecule has 0 radical (unpaired) electrons. The molecule has 1 N–H and O–H groups in total. The molecule has 2 heterocycles. The number of nitrogens with one attached hydrogen (secondary N) is 1. The molecule has 0 aliphatic carbocycles. The van der Waals surface area contributed by atoms with Crippen LogP contribution in [-0.2, 0) is 11.2 Å². The summed E-state index contributed by atoms with van der Waals surface area (Å²) in [4.78, 5) is 15.9. The third kappa shape index (κ3) is 8.54. The first-order chi connectivity index (χ1) is 11.8. The van der Waals surface area contributed by atoms with Gasteiger partial charge in [-0.25, -0.2) is 8.78 Å². The van der Waals surface area contributed by atoms with Crippen LogP contribution in [0.5, 0.6) is 0 Å². The lowest BCUT2D eigenvalue weighted by Gasteiger charge is -2.09. The Morgan fingerprint density at radius 1 is 1.56 bits per heavy atom. The molecule has 1 saturated heterocycles. The number of hydrogen-bond donors (Lipinski definition) is 1. The number of hydrogen-bond acceptors (Lipinski definition) is 5. The van der Waals surface area contributed by atoms with Crippen LogP contribution < -0.4 is 5.32 Å². The molecule has 1 aliphatic rings. The van der Waals surface area contributed by atoms with Crippen LogP contribution in [0.25, 0.3) is 0 Å². The number of anilines is 1. The number of aromatic nitrogens is 1. The number of rotatable bonds is 4. The smallest absolute Gasteiger partial charge is 0.263 e. The molecule has 140 valence electrons. The summed E-state index contributed by atoms with van der Waals surface area (Å²) in [5, 5.41) is 11.4. The van der Waals surface area contributed by atoms with E-state index in [1.54, 1.807) is 6.20 Å². The number of carbonyl (C=O) groups excluding carboxylic acids is 1.